The lowest BCUT2D eigenvalue weighted by Crippen LogP contribution is -2.23. The van der Waals surface area contributed by atoms with E-state index < -0.39 is 5.97 Å². The van der Waals surface area contributed by atoms with E-state index in [4.69, 9.17) is 10.5 Å². The molecular formula is C24H27NO4. The molecule has 0 radical (unpaired) electrons. The third kappa shape index (κ3) is 4.86. The number of amides is 1. The molecule has 1 aliphatic carbocycles. The van der Waals surface area contributed by atoms with Gasteiger partial charge in [-0.15, -0.1) is 0 Å². The van der Waals surface area contributed by atoms with Crippen LogP contribution in [0.1, 0.15) is 36.0 Å². The highest BCUT2D eigenvalue weighted by molar-refractivity contribution is 5.95. The summed E-state index contributed by atoms with van der Waals surface area (Å²) in [5, 5.41) is 0. The van der Waals surface area contributed by atoms with Crippen molar-refractivity contribution in [1.29, 1.82) is 0 Å². The van der Waals surface area contributed by atoms with Gasteiger partial charge in [0.25, 0.3) is 0 Å². The minimum Gasteiger partial charge on any atom is -0.481 e. The summed E-state index contributed by atoms with van der Waals surface area (Å²) in [5.41, 5.74) is 11.1. The van der Waals surface area contributed by atoms with Gasteiger partial charge in [-0.25, -0.2) is 4.79 Å². The summed E-state index contributed by atoms with van der Waals surface area (Å²) in [7, 11) is 1.33. The number of hydrogen-bond acceptors (Lipinski definition) is 4. The minimum atomic E-state index is -0.450. The zero-order valence-corrected chi connectivity index (χ0v) is 16.9. The Morgan fingerprint density at radius 3 is 2.52 bits per heavy atom. The predicted octanol–water partition coefficient (Wildman–Crippen LogP) is 3.83. The second-order valence-electron chi connectivity index (χ2n) is 7.31. The SMILES string of the molecule is COC(=O)COc1cccc(C)c1C1=C(CCc2ccccc2)CCC1C(N)=O. The molecular weight excluding hydrogens is 366 g/mol. The van der Waals surface area contributed by atoms with Gasteiger partial charge in [-0.3, -0.25) is 4.79 Å². The Labute approximate surface area is 171 Å². The lowest BCUT2D eigenvalue weighted by molar-refractivity contribution is -0.142. The van der Waals surface area contributed by atoms with E-state index in [2.05, 4.69) is 16.9 Å². The molecule has 0 spiro atoms. The average Bonchev–Trinajstić information content (AvgIpc) is 3.15. The molecule has 1 unspecified atom stereocenters. The maximum Gasteiger partial charge on any atom is 0.343 e. The van der Waals surface area contributed by atoms with Gasteiger partial charge in [0.05, 0.1) is 13.0 Å². The van der Waals surface area contributed by atoms with E-state index in [1.54, 1.807) is 0 Å². The van der Waals surface area contributed by atoms with Crippen molar-refractivity contribution < 1.29 is 19.1 Å². The molecule has 1 aliphatic rings. The number of allylic oxidation sites excluding steroid dienone is 1. The number of benzene rings is 2. The molecule has 0 saturated carbocycles. The molecule has 0 aromatic heterocycles. The maximum absolute atomic E-state index is 12.2. The van der Waals surface area contributed by atoms with Gasteiger partial charge in [0.15, 0.2) is 6.61 Å². The monoisotopic (exact) mass is 393 g/mol. The van der Waals surface area contributed by atoms with Crippen LogP contribution < -0.4 is 10.5 Å². The lowest BCUT2D eigenvalue weighted by Gasteiger charge is -2.20. The van der Waals surface area contributed by atoms with Crippen molar-refractivity contribution >= 4 is 17.4 Å². The number of esters is 1. The summed E-state index contributed by atoms with van der Waals surface area (Å²) >= 11 is 0. The molecule has 0 saturated heterocycles. The van der Waals surface area contributed by atoms with Gasteiger partial charge in [-0.05, 0) is 55.4 Å². The Balaban J connectivity index is 1.98. The zero-order chi connectivity index (χ0) is 20.8. The Kier molecular flexibility index (Phi) is 6.70. The normalized spacial score (nSPS) is 16.0. The number of hydrogen-bond donors (Lipinski definition) is 1. The largest absolute Gasteiger partial charge is 0.481 e. The zero-order valence-electron chi connectivity index (χ0n) is 16.9. The van der Waals surface area contributed by atoms with Crippen molar-refractivity contribution in [3.05, 3.63) is 70.8 Å². The summed E-state index contributed by atoms with van der Waals surface area (Å²) in [5.74, 6) is -0.538. The van der Waals surface area contributed by atoms with E-state index in [9.17, 15) is 9.59 Å². The molecule has 152 valence electrons. The number of carbonyl (C=O) groups excluding carboxylic acids is 2. The molecule has 0 aliphatic heterocycles. The molecule has 5 heteroatoms. The molecule has 5 nitrogen and oxygen atoms in total. The van der Waals surface area contributed by atoms with Crippen molar-refractivity contribution in [3.8, 4) is 5.75 Å². The van der Waals surface area contributed by atoms with Crippen LogP contribution >= 0.6 is 0 Å². The highest BCUT2D eigenvalue weighted by Crippen LogP contribution is 2.45. The minimum absolute atomic E-state index is 0.180. The van der Waals surface area contributed by atoms with E-state index in [0.29, 0.717) is 12.2 Å². The summed E-state index contributed by atoms with van der Waals surface area (Å²) in [6.07, 6.45) is 3.30. The summed E-state index contributed by atoms with van der Waals surface area (Å²) in [6, 6.07) is 16.0. The molecule has 2 N–H and O–H groups in total. The number of methoxy groups -OCH3 is 1. The van der Waals surface area contributed by atoms with Gasteiger partial charge in [0.2, 0.25) is 5.91 Å². The van der Waals surface area contributed by atoms with Gasteiger partial charge in [-0.2, -0.15) is 0 Å². The van der Waals surface area contributed by atoms with E-state index in [-0.39, 0.29) is 18.4 Å². The first-order valence-corrected chi connectivity index (χ1v) is 9.86. The van der Waals surface area contributed by atoms with Gasteiger partial charge >= 0.3 is 5.97 Å². The number of nitrogens with two attached hydrogens (primary N) is 1. The van der Waals surface area contributed by atoms with Crippen molar-refractivity contribution in [2.45, 2.75) is 32.6 Å². The molecule has 3 rings (SSSR count). The molecule has 0 bridgehead atoms. The van der Waals surface area contributed by atoms with Crippen molar-refractivity contribution in [2.75, 3.05) is 13.7 Å². The van der Waals surface area contributed by atoms with Crippen LogP contribution in [0.4, 0.5) is 0 Å². The number of primary amides is 1. The first-order valence-electron chi connectivity index (χ1n) is 9.86. The second kappa shape index (κ2) is 9.41. The average molecular weight is 393 g/mol. The number of carbonyl (C=O) groups is 2. The quantitative estimate of drug-likeness (QED) is 0.692. The third-order valence-electron chi connectivity index (χ3n) is 5.44. The molecule has 2 aromatic carbocycles. The fraction of sp³-hybridized carbons (Fsp3) is 0.333. The van der Waals surface area contributed by atoms with Gasteiger partial charge in [0, 0.05) is 5.56 Å². The highest BCUT2D eigenvalue weighted by atomic mass is 16.6. The van der Waals surface area contributed by atoms with Crippen molar-refractivity contribution in [2.24, 2.45) is 11.7 Å². The van der Waals surface area contributed by atoms with Crippen LogP contribution in [0.15, 0.2) is 54.1 Å². The fourth-order valence-corrected chi connectivity index (χ4v) is 3.98. The lowest BCUT2D eigenvalue weighted by atomic mass is 9.88. The van der Waals surface area contributed by atoms with Gasteiger partial charge < -0.3 is 15.2 Å². The Morgan fingerprint density at radius 2 is 1.83 bits per heavy atom. The van der Waals surface area contributed by atoms with Crippen LogP contribution in [0.3, 0.4) is 0 Å². The van der Waals surface area contributed by atoms with Crippen molar-refractivity contribution in [3.63, 3.8) is 0 Å². The standard InChI is InChI=1S/C24H27NO4/c1-16-7-6-10-20(29-15-21(26)28-2)22(16)23-18(13-14-19(23)24(25)27)12-11-17-8-4-3-5-9-17/h3-10,19H,11-15H2,1-2H3,(H2,25,27). The van der Waals surface area contributed by atoms with Crippen LogP contribution in [0.2, 0.25) is 0 Å². The molecule has 0 heterocycles. The fourth-order valence-electron chi connectivity index (χ4n) is 3.98. The maximum atomic E-state index is 12.2. The molecule has 0 fully saturated rings. The summed E-state index contributed by atoms with van der Waals surface area (Å²) in [4.78, 5) is 23.8. The van der Waals surface area contributed by atoms with E-state index >= 15 is 0 Å². The number of ether oxygens (including phenoxy) is 2. The summed E-state index contributed by atoms with van der Waals surface area (Å²) < 4.78 is 10.4. The Bertz CT molecular complexity index is 918. The van der Waals surface area contributed by atoms with Crippen molar-refractivity contribution in [1.82, 2.24) is 0 Å². The van der Waals surface area contributed by atoms with E-state index in [1.165, 1.54) is 18.2 Å². The summed E-state index contributed by atoms with van der Waals surface area (Å²) in [6.45, 7) is 1.80. The second-order valence-corrected chi connectivity index (χ2v) is 7.31. The first kappa shape index (κ1) is 20.6. The van der Waals surface area contributed by atoms with Gasteiger partial charge in [-0.1, -0.05) is 48.0 Å². The van der Waals surface area contributed by atoms with Gasteiger partial charge in [0.1, 0.15) is 5.75 Å². The molecule has 1 amide bonds. The van der Waals surface area contributed by atoms with Crippen LogP contribution in [-0.2, 0) is 20.7 Å². The number of aryl methyl sites for hydroxylation is 2. The van der Waals surface area contributed by atoms with E-state index in [1.807, 2.05) is 43.3 Å². The van der Waals surface area contributed by atoms with Crippen LogP contribution in [0.25, 0.3) is 5.57 Å². The Hall–Kier alpha value is -3.08. The smallest absolute Gasteiger partial charge is 0.343 e. The van der Waals surface area contributed by atoms with Crippen LogP contribution in [0, 0.1) is 12.8 Å². The molecule has 29 heavy (non-hydrogen) atoms. The topological polar surface area (TPSA) is 78.6 Å². The van der Waals surface area contributed by atoms with Crippen LogP contribution in [0.5, 0.6) is 5.75 Å². The van der Waals surface area contributed by atoms with E-state index in [0.717, 1.165) is 36.0 Å². The Morgan fingerprint density at radius 1 is 1.07 bits per heavy atom. The third-order valence-corrected chi connectivity index (χ3v) is 5.44. The highest BCUT2D eigenvalue weighted by Gasteiger charge is 2.33. The molecule has 2 aromatic rings. The predicted molar refractivity (Wildman–Crippen MR) is 112 cm³/mol. The van der Waals surface area contributed by atoms with Crippen LogP contribution in [-0.4, -0.2) is 25.6 Å². The molecule has 1 atom stereocenters. The first-order chi connectivity index (χ1) is 14.0. The number of rotatable bonds is 8.